The summed E-state index contributed by atoms with van der Waals surface area (Å²) in [5.41, 5.74) is 0.200. The molecular weight excluding hydrogens is 277 g/mol. The number of ether oxygens (including phenoxy) is 1. The van der Waals surface area contributed by atoms with Gasteiger partial charge >= 0.3 is 0 Å². The summed E-state index contributed by atoms with van der Waals surface area (Å²) in [4.78, 5) is 11.4. The summed E-state index contributed by atoms with van der Waals surface area (Å²) >= 11 is 3.14. The monoisotopic (exact) mass is 289 g/mol. The van der Waals surface area contributed by atoms with E-state index in [1.54, 1.807) is 13.2 Å². The molecule has 0 saturated carbocycles. The molecule has 5 heteroatoms. The van der Waals surface area contributed by atoms with E-state index in [2.05, 4.69) is 21.2 Å². The number of hydrogen-bond acceptors (Lipinski definition) is 2. The molecule has 1 aromatic carbocycles. The lowest BCUT2D eigenvalue weighted by atomic mass is 10.2. The van der Waals surface area contributed by atoms with Gasteiger partial charge in [0.25, 0.3) is 0 Å². The van der Waals surface area contributed by atoms with Crippen molar-refractivity contribution in [1.29, 1.82) is 0 Å². The Labute approximate surface area is 102 Å². The molecule has 0 unspecified atom stereocenters. The van der Waals surface area contributed by atoms with Crippen molar-refractivity contribution in [2.75, 3.05) is 19.0 Å². The third-order valence-corrected chi connectivity index (χ3v) is 2.45. The summed E-state index contributed by atoms with van der Waals surface area (Å²) in [7, 11) is 1.58. The minimum Gasteiger partial charge on any atom is -0.385 e. The molecule has 0 bridgehead atoms. The third kappa shape index (κ3) is 4.28. The van der Waals surface area contributed by atoms with Gasteiger partial charge in [0, 0.05) is 24.6 Å². The highest BCUT2D eigenvalue weighted by molar-refractivity contribution is 9.10. The van der Waals surface area contributed by atoms with Crippen molar-refractivity contribution in [1.82, 2.24) is 0 Å². The second-order valence-corrected chi connectivity index (χ2v) is 4.18. The standard InChI is InChI=1S/C11H13BrFNO2/c1-16-6-2-3-11(15)14-10-5-4-8(12)7-9(10)13/h4-5,7H,2-3,6H2,1H3,(H,14,15). The molecule has 0 aromatic heterocycles. The first kappa shape index (κ1) is 13.1. The van der Waals surface area contributed by atoms with E-state index in [0.717, 1.165) is 0 Å². The van der Waals surface area contributed by atoms with Crippen LogP contribution in [0.2, 0.25) is 0 Å². The molecule has 16 heavy (non-hydrogen) atoms. The molecule has 88 valence electrons. The Morgan fingerprint density at radius 3 is 2.94 bits per heavy atom. The summed E-state index contributed by atoms with van der Waals surface area (Å²) in [5.74, 6) is -0.660. The lowest BCUT2D eigenvalue weighted by Gasteiger charge is -2.06. The number of carbonyl (C=O) groups excluding carboxylic acids is 1. The Balaban J connectivity index is 2.49. The van der Waals surface area contributed by atoms with Crippen LogP contribution in [0.4, 0.5) is 10.1 Å². The summed E-state index contributed by atoms with van der Waals surface area (Å²) in [6.07, 6.45) is 0.948. The first-order chi connectivity index (χ1) is 7.63. The second kappa shape index (κ2) is 6.60. The number of halogens is 2. The van der Waals surface area contributed by atoms with Crippen LogP contribution >= 0.6 is 15.9 Å². The van der Waals surface area contributed by atoms with Crippen LogP contribution < -0.4 is 5.32 Å². The maximum Gasteiger partial charge on any atom is 0.224 e. The largest absolute Gasteiger partial charge is 0.385 e. The lowest BCUT2D eigenvalue weighted by Crippen LogP contribution is -2.13. The molecule has 0 saturated heterocycles. The van der Waals surface area contributed by atoms with Crippen molar-refractivity contribution in [3.8, 4) is 0 Å². The predicted molar refractivity (Wildman–Crippen MR) is 63.8 cm³/mol. The van der Waals surface area contributed by atoms with Gasteiger partial charge in [-0.15, -0.1) is 0 Å². The zero-order valence-corrected chi connectivity index (χ0v) is 10.5. The fourth-order valence-electron chi connectivity index (χ4n) is 1.18. The Kier molecular flexibility index (Phi) is 5.42. The van der Waals surface area contributed by atoms with Gasteiger partial charge in [-0.3, -0.25) is 4.79 Å². The molecule has 0 fully saturated rings. The Morgan fingerprint density at radius 1 is 1.56 bits per heavy atom. The summed E-state index contributed by atoms with van der Waals surface area (Å²) in [6, 6.07) is 4.51. The minimum absolute atomic E-state index is 0.200. The van der Waals surface area contributed by atoms with Crippen LogP contribution in [-0.4, -0.2) is 19.6 Å². The van der Waals surface area contributed by atoms with Crippen LogP contribution in [-0.2, 0) is 9.53 Å². The van der Waals surface area contributed by atoms with Crippen molar-refractivity contribution in [2.24, 2.45) is 0 Å². The molecule has 1 rings (SSSR count). The van der Waals surface area contributed by atoms with Crippen LogP contribution in [0.15, 0.2) is 22.7 Å². The van der Waals surface area contributed by atoms with Crippen molar-refractivity contribution in [3.05, 3.63) is 28.5 Å². The van der Waals surface area contributed by atoms with E-state index in [0.29, 0.717) is 23.9 Å². The minimum atomic E-state index is -0.450. The fourth-order valence-corrected chi connectivity index (χ4v) is 1.51. The molecule has 1 N–H and O–H groups in total. The molecule has 3 nitrogen and oxygen atoms in total. The van der Waals surface area contributed by atoms with Crippen LogP contribution in [0.25, 0.3) is 0 Å². The van der Waals surface area contributed by atoms with Crippen molar-refractivity contribution in [2.45, 2.75) is 12.8 Å². The van der Waals surface area contributed by atoms with E-state index in [1.807, 2.05) is 0 Å². The topological polar surface area (TPSA) is 38.3 Å². The highest BCUT2D eigenvalue weighted by atomic mass is 79.9. The number of rotatable bonds is 5. The fraction of sp³-hybridized carbons (Fsp3) is 0.364. The Hall–Kier alpha value is -0.940. The van der Waals surface area contributed by atoms with Crippen molar-refractivity contribution < 1.29 is 13.9 Å². The van der Waals surface area contributed by atoms with E-state index in [9.17, 15) is 9.18 Å². The van der Waals surface area contributed by atoms with Crippen LogP contribution in [0.1, 0.15) is 12.8 Å². The molecule has 0 aliphatic rings. The van der Waals surface area contributed by atoms with Gasteiger partial charge in [-0.25, -0.2) is 4.39 Å². The number of amides is 1. The van der Waals surface area contributed by atoms with Gasteiger partial charge in [0.15, 0.2) is 0 Å². The first-order valence-electron chi connectivity index (χ1n) is 4.87. The quantitative estimate of drug-likeness (QED) is 0.847. The first-order valence-corrected chi connectivity index (χ1v) is 5.66. The van der Waals surface area contributed by atoms with Gasteiger partial charge in [0.05, 0.1) is 5.69 Å². The van der Waals surface area contributed by atoms with Gasteiger partial charge in [0.2, 0.25) is 5.91 Å². The smallest absolute Gasteiger partial charge is 0.224 e. The van der Waals surface area contributed by atoms with Crippen molar-refractivity contribution >= 4 is 27.5 Å². The van der Waals surface area contributed by atoms with Gasteiger partial charge in [-0.1, -0.05) is 15.9 Å². The van der Waals surface area contributed by atoms with E-state index in [1.165, 1.54) is 12.1 Å². The summed E-state index contributed by atoms with van der Waals surface area (Å²) in [6.45, 7) is 0.524. The predicted octanol–water partition coefficient (Wildman–Crippen LogP) is 2.95. The summed E-state index contributed by atoms with van der Waals surface area (Å²) < 4.78 is 18.8. The summed E-state index contributed by atoms with van der Waals surface area (Å²) in [5, 5.41) is 2.51. The number of anilines is 1. The maximum atomic E-state index is 13.3. The number of hydrogen-bond donors (Lipinski definition) is 1. The zero-order valence-electron chi connectivity index (χ0n) is 8.93. The molecule has 0 spiro atoms. The highest BCUT2D eigenvalue weighted by Gasteiger charge is 2.06. The number of carbonyl (C=O) groups is 1. The van der Waals surface area contributed by atoms with Crippen LogP contribution in [0.5, 0.6) is 0 Å². The Morgan fingerprint density at radius 2 is 2.31 bits per heavy atom. The molecule has 0 radical (unpaired) electrons. The highest BCUT2D eigenvalue weighted by Crippen LogP contribution is 2.19. The maximum absolute atomic E-state index is 13.3. The zero-order chi connectivity index (χ0) is 12.0. The molecular formula is C11H13BrFNO2. The molecule has 0 aliphatic carbocycles. The van der Waals surface area contributed by atoms with Crippen LogP contribution in [0.3, 0.4) is 0 Å². The molecule has 0 aliphatic heterocycles. The third-order valence-electron chi connectivity index (χ3n) is 1.96. The average molecular weight is 290 g/mol. The average Bonchev–Trinajstić information content (AvgIpc) is 2.23. The van der Waals surface area contributed by atoms with Gasteiger partial charge < -0.3 is 10.1 Å². The number of benzene rings is 1. The molecule has 0 heterocycles. The normalized spacial score (nSPS) is 10.2. The van der Waals surface area contributed by atoms with Gasteiger partial charge in [0.1, 0.15) is 5.82 Å². The van der Waals surface area contributed by atoms with Gasteiger partial charge in [-0.2, -0.15) is 0 Å². The van der Waals surface area contributed by atoms with E-state index >= 15 is 0 Å². The van der Waals surface area contributed by atoms with Crippen LogP contribution in [0, 0.1) is 5.82 Å². The molecule has 1 amide bonds. The SMILES string of the molecule is COCCCC(=O)Nc1ccc(Br)cc1F. The molecule has 0 atom stereocenters. The van der Waals surface area contributed by atoms with Crippen molar-refractivity contribution in [3.63, 3.8) is 0 Å². The molecule has 1 aromatic rings. The number of nitrogens with one attached hydrogen (secondary N) is 1. The van der Waals surface area contributed by atoms with E-state index in [4.69, 9.17) is 4.74 Å². The van der Waals surface area contributed by atoms with E-state index < -0.39 is 5.82 Å². The number of methoxy groups -OCH3 is 1. The second-order valence-electron chi connectivity index (χ2n) is 3.27. The lowest BCUT2D eigenvalue weighted by molar-refractivity contribution is -0.116. The van der Waals surface area contributed by atoms with E-state index in [-0.39, 0.29) is 11.6 Å². The van der Waals surface area contributed by atoms with Gasteiger partial charge in [-0.05, 0) is 24.6 Å². The Bertz CT molecular complexity index is 371.